The lowest BCUT2D eigenvalue weighted by Gasteiger charge is -2.37. The van der Waals surface area contributed by atoms with Crippen LogP contribution in [0.15, 0.2) is 24.2 Å². The number of hydrogen-bond acceptors (Lipinski definition) is 9. The van der Waals surface area contributed by atoms with Crippen molar-refractivity contribution in [3.05, 3.63) is 35.3 Å². The van der Waals surface area contributed by atoms with Gasteiger partial charge in [0.15, 0.2) is 6.10 Å². The minimum Gasteiger partial charge on any atom is -0.479 e. The molecule has 5 atom stereocenters. The molecule has 2 rings (SSSR count). The zero-order valence-corrected chi connectivity index (χ0v) is 14.7. The summed E-state index contributed by atoms with van der Waals surface area (Å²) >= 11 is 0. The van der Waals surface area contributed by atoms with Gasteiger partial charge in [0.05, 0.1) is 23.2 Å². The Bertz CT molecular complexity index is 908. The summed E-state index contributed by atoms with van der Waals surface area (Å²) in [5.41, 5.74) is -1.75. The van der Waals surface area contributed by atoms with Crippen LogP contribution in [0.25, 0.3) is 0 Å². The number of aliphatic hydroxyl groups excluding tert-OH is 3. The van der Waals surface area contributed by atoms with Crippen molar-refractivity contribution in [3.63, 3.8) is 0 Å². The third-order valence-corrected chi connectivity index (χ3v) is 3.86. The van der Waals surface area contributed by atoms with Crippen molar-refractivity contribution < 1.29 is 54.5 Å². The highest BCUT2D eigenvalue weighted by Gasteiger charge is 2.48. The van der Waals surface area contributed by atoms with E-state index in [9.17, 15) is 29.7 Å². The topological polar surface area (TPSA) is 160 Å². The molecule has 1 fully saturated rings. The normalized spacial score (nSPS) is 29.1. The molecule has 0 aliphatic carbocycles. The number of benzene rings is 1. The number of carboxylic acids is 1. The van der Waals surface area contributed by atoms with Gasteiger partial charge in [0.25, 0.3) is 0 Å². The summed E-state index contributed by atoms with van der Waals surface area (Å²) in [6, 6.07) is -3.49. The molecule has 0 amide bonds. The molecule has 0 spiro atoms. The summed E-state index contributed by atoms with van der Waals surface area (Å²) in [6.07, 6.45) is -9.32. The lowest BCUT2D eigenvalue weighted by atomic mass is 9.99. The van der Waals surface area contributed by atoms with Crippen molar-refractivity contribution in [2.75, 3.05) is 6.61 Å². The van der Waals surface area contributed by atoms with E-state index in [1.165, 1.54) is 0 Å². The summed E-state index contributed by atoms with van der Waals surface area (Å²) in [7, 11) is 0. The van der Waals surface area contributed by atoms with Crippen molar-refractivity contribution in [1.29, 1.82) is 0 Å². The van der Waals surface area contributed by atoms with Gasteiger partial charge >= 0.3 is 17.9 Å². The fraction of sp³-hybridized carbons (Fsp3) is 0.500. The van der Waals surface area contributed by atoms with E-state index in [1.54, 1.807) is 0 Å². The Morgan fingerprint density at radius 2 is 1.68 bits per heavy atom. The largest absolute Gasteiger partial charge is 0.479 e. The number of hydrogen-bond donors (Lipinski definition) is 4. The molecule has 1 saturated heterocycles. The molecule has 0 saturated carbocycles. The second-order valence-corrected chi connectivity index (χ2v) is 5.88. The molecule has 10 nitrogen and oxygen atoms in total. The third-order valence-electron chi connectivity index (χ3n) is 3.86. The van der Waals surface area contributed by atoms with E-state index in [1.807, 2.05) is 6.92 Å². The highest BCUT2D eigenvalue weighted by molar-refractivity contribution is 6.03. The van der Waals surface area contributed by atoms with Gasteiger partial charge in [-0.15, -0.1) is 0 Å². The van der Waals surface area contributed by atoms with Gasteiger partial charge in [-0.05, 0) is 18.5 Å². The van der Waals surface area contributed by atoms with Crippen LogP contribution in [-0.2, 0) is 19.0 Å². The second-order valence-electron chi connectivity index (χ2n) is 5.88. The fourth-order valence-corrected chi connectivity index (χ4v) is 2.31. The summed E-state index contributed by atoms with van der Waals surface area (Å²) < 4.78 is 46.0. The van der Waals surface area contributed by atoms with Gasteiger partial charge in [-0.3, -0.25) is 0 Å². The minimum atomic E-state index is -2.13. The fourth-order valence-electron chi connectivity index (χ4n) is 2.31. The summed E-state index contributed by atoms with van der Waals surface area (Å²) in [4.78, 5) is 36.4. The Hall–Kier alpha value is -2.53. The molecule has 10 heteroatoms. The van der Waals surface area contributed by atoms with E-state index >= 15 is 0 Å². The second kappa shape index (κ2) is 9.60. The van der Waals surface area contributed by atoms with Gasteiger partial charge in [0, 0.05) is 0 Å². The molecule has 154 valence electrons. The van der Waals surface area contributed by atoms with Crippen molar-refractivity contribution >= 4 is 17.9 Å². The number of aliphatic hydroxyl groups is 3. The SMILES string of the molecule is [2H]c1c([2H])c([2H])c(C(=O)O[C@@H]2O[C@H](C(=O)O)[C@@H](O)[C@H](O)[C@H]2O)c(C(=O)OCCCC)c1[2H]. The predicted octanol–water partition coefficient (Wildman–Crippen LogP) is -0.308. The zero-order valence-electron chi connectivity index (χ0n) is 18.7. The third kappa shape index (κ3) is 4.84. The number of unbranched alkanes of at least 4 members (excludes halogenated alkanes) is 1. The molecule has 1 heterocycles. The van der Waals surface area contributed by atoms with Crippen LogP contribution >= 0.6 is 0 Å². The number of rotatable bonds is 7. The van der Waals surface area contributed by atoms with Crippen molar-refractivity contribution in [1.82, 2.24) is 0 Å². The molecule has 1 aromatic carbocycles. The maximum Gasteiger partial charge on any atom is 0.341 e. The zero-order chi connectivity index (χ0) is 24.3. The molecular formula is C18H22O10. The highest BCUT2D eigenvalue weighted by Crippen LogP contribution is 2.24. The molecule has 28 heavy (non-hydrogen) atoms. The molecule has 1 aliphatic heterocycles. The smallest absolute Gasteiger partial charge is 0.341 e. The van der Waals surface area contributed by atoms with Gasteiger partial charge in [-0.1, -0.05) is 25.4 Å². The number of aliphatic carboxylic acids is 1. The molecule has 0 radical (unpaired) electrons. The number of carbonyl (C=O) groups is 3. The summed E-state index contributed by atoms with van der Waals surface area (Å²) in [6.45, 7) is 1.73. The maximum atomic E-state index is 12.8. The van der Waals surface area contributed by atoms with Crippen LogP contribution in [-0.4, -0.2) is 75.6 Å². The summed E-state index contributed by atoms with van der Waals surface area (Å²) in [5, 5.41) is 38.6. The number of carbonyl (C=O) groups excluding carboxylic acids is 2. The van der Waals surface area contributed by atoms with Crippen molar-refractivity contribution in [2.24, 2.45) is 0 Å². The Morgan fingerprint density at radius 1 is 1.07 bits per heavy atom. The first kappa shape index (κ1) is 16.4. The lowest BCUT2D eigenvalue weighted by Crippen LogP contribution is -2.60. The predicted molar refractivity (Wildman–Crippen MR) is 91.4 cm³/mol. The van der Waals surface area contributed by atoms with Crippen LogP contribution in [0.1, 0.15) is 46.0 Å². The molecule has 1 aromatic rings. The Kier molecular flexibility index (Phi) is 5.63. The van der Waals surface area contributed by atoms with Crippen LogP contribution in [0, 0.1) is 0 Å². The van der Waals surface area contributed by atoms with Gasteiger partial charge in [-0.2, -0.15) is 0 Å². The van der Waals surface area contributed by atoms with Gasteiger partial charge in [0.2, 0.25) is 6.29 Å². The van der Waals surface area contributed by atoms with E-state index in [4.69, 9.17) is 24.8 Å². The molecule has 0 unspecified atom stereocenters. The Morgan fingerprint density at radius 3 is 2.25 bits per heavy atom. The molecule has 4 N–H and O–H groups in total. The van der Waals surface area contributed by atoms with Gasteiger partial charge in [0.1, 0.15) is 18.3 Å². The Labute approximate surface area is 165 Å². The van der Waals surface area contributed by atoms with E-state index in [0.717, 1.165) is 0 Å². The highest BCUT2D eigenvalue weighted by atomic mass is 16.7. The monoisotopic (exact) mass is 402 g/mol. The van der Waals surface area contributed by atoms with E-state index < -0.39 is 83.9 Å². The van der Waals surface area contributed by atoms with Crippen molar-refractivity contribution in [3.8, 4) is 0 Å². The molecular weight excluding hydrogens is 376 g/mol. The van der Waals surface area contributed by atoms with Crippen LogP contribution in [0.2, 0.25) is 0 Å². The standard InChI is InChI=1S/C18H22O10/c1-2-3-8-26-16(24)9-6-4-5-7-10(9)17(25)28-18-13(21)11(19)12(20)14(27-18)15(22)23/h4-7,11-14,18-21H,2-3,8H2,1H3,(H,22,23)/t11-,12-,13+,14-,18-/m0/s1/i4D,5D,6D,7D. The minimum absolute atomic E-state index is 0.0820. The number of carboxylic acid groups (broad SMARTS) is 1. The Balaban J connectivity index is 2.44. The van der Waals surface area contributed by atoms with E-state index in [0.29, 0.717) is 12.8 Å². The molecule has 0 aromatic heterocycles. The summed E-state index contributed by atoms with van der Waals surface area (Å²) in [5.74, 6) is -4.52. The van der Waals surface area contributed by atoms with Crippen LogP contribution in [0.5, 0.6) is 0 Å². The molecule has 0 bridgehead atoms. The first-order chi connectivity index (χ1) is 14.9. The van der Waals surface area contributed by atoms with Crippen molar-refractivity contribution in [2.45, 2.75) is 50.5 Å². The number of ether oxygens (including phenoxy) is 3. The maximum absolute atomic E-state index is 12.8. The quantitative estimate of drug-likeness (QED) is 0.352. The lowest BCUT2D eigenvalue weighted by molar-refractivity contribution is -0.278. The van der Waals surface area contributed by atoms with Crippen LogP contribution < -0.4 is 0 Å². The van der Waals surface area contributed by atoms with E-state index in [-0.39, 0.29) is 6.61 Å². The first-order valence-corrected chi connectivity index (χ1v) is 8.34. The average Bonchev–Trinajstić information content (AvgIpc) is 2.74. The van der Waals surface area contributed by atoms with Gasteiger partial charge < -0.3 is 34.6 Å². The van der Waals surface area contributed by atoms with Gasteiger partial charge in [-0.25, -0.2) is 14.4 Å². The van der Waals surface area contributed by atoms with Crippen LogP contribution in [0.4, 0.5) is 0 Å². The number of esters is 2. The first-order valence-electron chi connectivity index (χ1n) is 10.3. The van der Waals surface area contributed by atoms with E-state index in [2.05, 4.69) is 0 Å². The molecule has 1 aliphatic rings. The average molecular weight is 402 g/mol. The van der Waals surface area contributed by atoms with Crippen LogP contribution in [0.3, 0.4) is 0 Å².